The summed E-state index contributed by atoms with van der Waals surface area (Å²) >= 11 is 0. The maximum absolute atomic E-state index is 4.49. The fourth-order valence-electron chi connectivity index (χ4n) is 5.81. The molecule has 0 saturated carbocycles. The van der Waals surface area contributed by atoms with Crippen molar-refractivity contribution in [2.24, 2.45) is 35.9 Å². The van der Waals surface area contributed by atoms with Gasteiger partial charge in [-0.1, -0.05) is 145 Å². The molecule has 0 fully saturated rings. The van der Waals surface area contributed by atoms with Gasteiger partial charge in [-0.25, -0.2) is 0 Å². The summed E-state index contributed by atoms with van der Waals surface area (Å²) in [4.78, 5) is 42.6. The monoisotopic (exact) mass is 913 g/mol. The minimum atomic E-state index is 0.667. The van der Waals surface area contributed by atoms with Gasteiger partial charge in [0.2, 0.25) is 0 Å². The lowest BCUT2D eigenvalue weighted by atomic mass is 10.00. The molecule has 68 heavy (non-hydrogen) atoms. The first kappa shape index (κ1) is 57.2. The van der Waals surface area contributed by atoms with Crippen molar-refractivity contribution >= 4 is 35.8 Å². The molecular weight excluding hydrogens is 837 g/mol. The van der Waals surface area contributed by atoms with Crippen LogP contribution in [0.3, 0.4) is 0 Å². The Morgan fingerprint density at radius 1 is 0.485 bits per heavy atom. The Morgan fingerprint density at radius 2 is 0.912 bits per heavy atom. The Bertz CT molecular complexity index is 2230. The summed E-state index contributed by atoms with van der Waals surface area (Å²) in [5.41, 5.74) is 8.85. The van der Waals surface area contributed by atoms with E-state index in [1.807, 2.05) is 135 Å². The number of aromatic nitrogens is 4. The topological polar surface area (TPSA) is 126 Å². The lowest BCUT2D eigenvalue weighted by molar-refractivity contribution is 0.578. The molecule has 0 bridgehead atoms. The smallest absolute Gasteiger partial charge is 0.0901 e. The molecule has 0 saturated heterocycles. The Hall–Kier alpha value is -6.94. The zero-order valence-electron chi connectivity index (χ0n) is 42.1. The van der Waals surface area contributed by atoms with Gasteiger partial charge in [0.1, 0.15) is 0 Å². The van der Waals surface area contributed by atoms with Crippen LogP contribution in [0.25, 0.3) is 0 Å². The molecular formula is C58H76N10. The molecule has 10 heteroatoms. The van der Waals surface area contributed by atoms with Gasteiger partial charge in [-0.2, -0.15) is 0 Å². The van der Waals surface area contributed by atoms with Crippen LogP contribution >= 0.6 is 0 Å². The average Bonchev–Trinajstić information content (AvgIpc) is 3.40. The van der Waals surface area contributed by atoms with E-state index >= 15 is 0 Å². The third-order valence-electron chi connectivity index (χ3n) is 9.83. The summed E-state index contributed by atoms with van der Waals surface area (Å²) < 4.78 is 0. The van der Waals surface area contributed by atoms with E-state index in [0.29, 0.717) is 5.92 Å². The van der Waals surface area contributed by atoms with E-state index in [1.54, 1.807) is 45.1 Å². The van der Waals surface area contributed by atoms with E-state index in [4.69, 9.17) is 0 Å². The second-order valence-corrected chi connectivity index (χ2v) is 15.4. The third-order valence-corrected chi connectivity index (χ3v) is 9.83. The molecule has 4 heterocycles. The van der Waals surface area contributed by atoms with Gasteiger partial charge in [0.05, 0.1) is 39.9 Å². The highest BCUT2D eigenvalue weighted by Gasteiger charge is 2.12. The predicted molar refractivity (Wildman–Crippen MR) is 293 cm³/mol. The first-order valence-electron chi connectivity index (χ1n) is 24.1. The Balaban J connectivity index is 0.000000295. The summed E-state index contributed by atoms with van der Waals surface area (Å²) in [6.45, 7) is 16.4. The summed E-state index contributed by atoms with van der Waals surface area (Å²) in [5, 5.41) is 0. The van der Waals surface area contributed by atoms with Crippen LogP contribution < -0.4 is 0 Å². The highest BCUT2D eigenvalue weighted by atomic mass is 14.8. The van der Waals surface area contributed by atoms with Crippen molar-refractivity contribution in [3.8, 4) is 0 Å². The molecule has 0 spiro atoms. The van der Waals surface area contributed by atoms with Gasteiger partial charge in [0, 0.05) is 94.8 Å². The van der Waals surface area contributed by atoms with Crippen LogP contribution in [0.2, 0.25) is 0 Å². The van der Waals surface area contributed by atoms with Crippen molar-refractivity contribution in [2.45, 2.75) is 86.5 Å². The zero-order chi connectivity index (χ0) is 49.1. The molecule has 4 aromatic heterocycles. The molecule has 6 aromatic rings. The SMILES string of the molecule is CCC(C)CN=Cc1ccccn1.CCCCCN=C(C)c1ccccn1.CCCCCN=Cc1ccccn1.CCN=Cc1ccccn1.CN=C(C(=NC)c1ccccc1)c1ccccc1. The van der Waals surface area contributed by atoms with Gasteiger partial charge < -0.3 is 0 Å². The Kier molecular flexibility index (Phi) is 33.0. The number of rotatable bonds is 19. The fraction of sp³-hybridized carbons (Fsp3) is 0.345. The lowest BCUT2D eigenvalue weighted by Crippen LogP contribution is -2.17. The van der Waals surface area contributed by atoms with Crippen LogP contribution in [0.1, 0.15) is 120 Å². The van der Waals surface area contributed by atoms with Gasteiger partial charge in [-0.05, 0) is 81.1 Å². The van der Waals surface area contributed by atoms with Gasteiger partial charge in [-0.3, -0.25) is 49.9 Å². The highest BCUT2D eigenvalue weighted by molar-refractivity contribution is 6.53. The second-order valence-electron chi connectivity index (χ2n) is 15.4. The summed E-state index contributed by atoms with van der Waals surface area (Å²) in [6, 6.07) is 43.6. The molecule has 0 aliphatic carbocycles. The fourth-order valence-corrected chi connectivity index (χ4v) is 5.81. The Labute approximate surface area is 408 Å². The quantitative estimate of drug-likeness (QED) is 0.0592. The molecule has 0 amide bonds. The van der Waals surface area contributed by atoms with E-state index in [2.05, 4.69) is 102 Å². The van der Waals surface area contributed by atoms with Gasteiger partial charge in [0.15, 0.2) is 0 Å². The maximum Gasteiger partial charge on any atom is 0.0901 e. The normalized spacial score (nSPS) is 11.9. The van der Waals surface area contributed by atoms with E-state index in [1.165, 1.54) is 44.9 Å². The number of pyridine rings is 4. The zero-order valence-corrected chi connectivity index (χ0v) is 42.1. The van der Waals surface area contributed by atoms with Crippen LogP contribution in [0, 0.1) is 5.92 Å². The largest absolute Gasteiger partial charge is 0.291 e. The lowest BCUT2D eigenvalue weighted by Gasteiger charge is -2.09. The van der Waals surface area contributed by atoms with E-state index < -0.39 is 0 Å². The number of hydrogen-bond acceptors (Lipinski definition) is 10. The van der Waals surface area contributed by atoms with Gasteiger partial charge >= 0.3 is 0 Å². The van der Waals surface area contributed by atoms with Crippen molar-refractivity contribution < 1.29 is 0 Å². The maximum atomic E-state index is 4.49. The van der Waals surface area contributed by atoms with Crippen LogP contribution in [-0.4, -0.2) is 96.0 Å². The van der Waals surface area contributed by atoms with Crippen molar-refractivity contribution in [2.75, 3.05) is 40.3 Å². The van der Waals surface area contributed by atoms with Crippen molar-refractivity contribution in [3.05, 3.63) is 192 Å². The minimum Gasteiger partial charge on any atom is -0.291 e. The number of aliphatic imine (C=N–C) groups is 6. The number of unbranched alkanes of at least 4 members (excludes halogenated alkanes) is 4. The molecule has 1 unspecified atom stereocenters. The molecule has 10 nitrogen and oxygen atoms in total. The second kappa shape index (κ2) is 39.2. The molecule has 0 aliphatic rings. The van der Waals surface area contributed by atoms with Crippen molar-refractivity contribution in [3.63, 3.8) is 0 Å². The van der Waals surface area contributed by atoms with E-state index in [0.717, 1.165) is 77.2 Å². The van der Waals surface area contributed by atoms with Crippen molar-refractivity contribution in [1.82, 2.24) is 19.9 Å². The standard InChI is InChI=1S/C16H16N2.C12H18N2.2C11H16N2.C8H10N2/c1-17-15(13-9-5-3-6-10-13)16(18-2)14-11-7-4-8-12-14;1-3-4-6-9-13-11(2)12-8-5-7-10-14-12;1-3-10(2)8-12-9-11-6-4-5-7-13-11;1-2-3-5-8-12-10-11-7-4-6-9-13-11;1-2-9-7-8-5-3-4-6-10-8/h3-12H,1-2H3;5,7-8,10H,3-4,6,9H2,1-2H3;4-7,9-10H,3,8H2,1-2H3;4,6-7,9-10H,2-3,5,8H2,1H3;3-7H,2H2,1H3. The summed E-state index contributed by atoms with van der Waals surface area (Å²) in [5.74, 6) is 0.667. The first-order chi connectivity index (χ1) is 33.4. The molecule has 6 rings (SSSR count). The number of benzene rings is 2. The molecule has 0 N–H and O–H groups in total. The Morgan fingerprint density at radius 3 is 1.31 bits per heavy atom. The number of nitrogens with zero attached hydrogens (tertiary/aromatic N) is 10. The predicted octanol–water partition coefficient (Wildman–Crippen LogP) is 13.1. The van der Waals surface area contributed by atoms with Gasteiger partial charge in [0.25, 0.3) is 0 Å². The van der Waals surface area contributed by atoms with Crippen LogP contribution in [0.15, 0.2) is 188 Å². The van der Waals surface area contributed by atoms with E-state index in [-0.39, 0.29) is 0 Å². The summed E-state index contributed by atoms with van der Waals surface area (Å²) in [7, 11) is 3.60. The molecule has 358 valence electrons. The van der Waals surface area contributed by atoms with Crippen molar-refractivity contribution in [1.29, 1.82) is 0 Å². The molecule has 2 aromatic carbocycles. The van der Waals surface area contributed by atoms with Gasteiger partial charge in [-0.15, -0.1) is 0 Å². The third kappa shape index (κ3) is 26.9. The molecule has 0 radical (unpaired) electrons. The summed E-state index contributed by atoms with van der Waals surface area (Å²) in [6.07, 6.45) is 21.2. The highest BCUT2D eigenvalue weighted by Crippen LogP contribution is 2.10. The van der Waals surface area contributed by atoms with Crippen LogP contribution in [0.5, 0.6) is 0 Å². The van der Waals surface area contributed by atoms with Crippen LogP contribution in [0.4, 0.5) is 0 Å². The number of hydrogen-bond donors (Lipinski definition) is 0. The van der Waals surface area contributed by atoms with E-state index in [9.17, 15) is 0 Å². The molecule has 1 atom stereocenters. The molecule has 0 aliphatic heterocycles. The minimum absolute atomic E-state index is 0.667. The average molecular weight is 913 g/mol. The van der Waals surface area contributed by atoms with Crippen LogP contribution in [-0.2, 0) is 0 Å². The first-order valence-corrected chi connectivity index (χ1v) is 24.1.